The maximum atomic E-state index is 8.00. The summed E-state index contributed by atoms with van der Waals surface area (Å²) < 4.78 is 19.7. The zero-order valence-electron chi connectivity index (χ0n) is 23.8. The molecule has 0 unspecified atom stereocenters. The number of nitrogens with zero attached hydrogens (tertiary/aromatic N) is 3. The maximum Gasteiger partial charge on any atom is 0.106 e. The van der Waals surface area contributed by atoms with Crippen LogP contribution in [0, 0.1) is 0 Å². The van der Waals surface area contributed by atoms with Gasteiger partial charge in [-0.05, 0) is 60.0 Å². The molecule has 0 amide bonds. The molecule has 3 aliphatic rings. The second-order valence-electron chi connectivity index (χ2n) is 10.0. The minimum atomic E-state index is 0.807. The van der Waals surface area contributed by atoms with Crippen molar-refractivity contribution in [2.75, 3.05) is 93.6 Å². The highest BCUT2D eigenvalue weighted by Gasteiger charge is 2.15. The Morgan fingerprint density at radius 3 is 1.29 bits per heavy atom. The Balaban J connectivity index is 0.000000226. The van der Waals surface area contributed by atoms with E-state index in [9.17, 15) is 0 Å². The number of carbonyl (C=O) groups excluding carboxylic acids is 1. The predicted octanol–water partition coefficient (Wildman–Crippen LogP) is 6.58. The molecule has 3 fully saturated rings. The Morgan fingerprint density at radius 1 is 0.548 bits per heavy atom. The second-order valence-corrected chi connectivity index (χ2v) is 12.6. The molecule has 6 rings (SSSR count). The second kappa shape index (κ2) is 17.4. The zero-order valence-corrected chi connectivity index (χ0v) is 28.5. The monoisotopic (exact) mass is 765 g/mol. The van der Waals surface area contributed by atoms with E-state index in [1.165, 1.54) is 28.2 Å². The van der Waals surface area contributed by atoms with Gasteiger partial charge >= 0.3 is 0 Å². The van der Waals surface area contributed by atoms with E-state index in [1.54, 1.807) is 0 Å². The molecule has 3 heterocycles. The highest BCUT2D eigenvalue weighted by atomic mass is 79.9. The molecule has 42 heavy (non-hydrogen) atoms. The number of carbonyl (C=O) groups is 1. The van der Waals surface area contributed by atoms with Crippen LogP contribution in [0.25, 0.3) is 0 Å². The van der Waals surface area contributed by atoms with Crippen molar-refractivity contribution in [2.45, 2.75) is 6.42 Å². The van der Waals surface area contributed by atoms with Crippen molar-refractivity contribution in [2.24, 2.45) is 0 Å². The summed E-state index contributed by atoms with van der Waals surface area (Å²) >= 11 is 11.0. The van der Waals surface area contributed by atoms with E-state index in [2.05, 4.69) is 117 Å². The molecule has 0 radical (unpaired) electrons. The number of ether oxygens (including phenoxy) is 3. The van der Waals surface area contributed by atoms with Crippen LogP contribution in [-0.4, -0.2) is 85.7 Å². The summed E-state index contributed by atoms with van der Waals surface area (Å²) in [5.74, 6) is 0. The van der Waals surface area contributed by atoms with Gasteiger partial charge < -0.3 is 33.7 Å². The number of hydrogen-bond acceptors (Lipinski definition) is 7. The molecule has 3 saturated heterocycles. The van der Waals surface area contributed by atoms with Gasteiger partial charge in [0, 0.05) is 69.7 Å². The first kappa shape index (κ1) is 33.0. The molecule has 0 aromatic heterocycles. The molecular weight excluding hydrogens is 730 g/mol. The Labute approximate surface area is 274 Å². The molecule has 0 spiro atoms. The van der Waals surface area contributed by atoms with Crippen molar-refractivity contribution in [3.05, 3.63) is 85.2 Å². The molecule has 0 atom stereocenters. The van der Waals surface area contributed by atoms with Crippen LogP contribution in [-0.2, 0) is 25.4 Å². The first-order valence-corrected chi connectivity index (χ1v) is 16.5. The Bertz CT molecular complexity index is 1200. The SMILES string of the molecule is Brc1cc(N2CCOCC2)ccc1Cc1ccc(N2CCOCC2)cc1Br.Brc1cccc(N2CCOCC2)c1.C=O. The van der Waals surface area contributed by atoms with Crippen LogP contribution in [0.3, 0.4) is 0 Å². The molecule has 3 aromatic carbocycles. The van der Waals surface area contributed by atoms with Crippen molar-refractivity contribution < 1.29 is 19.0 Å². The minimum Gasteiger partial charge on any atom is -0.378 e. The van der Waals surface area contributed by atoms with Gasteiger partial charge in [-0.1, -0.05) is 66.0 Å². The Morgan fingerprint density at radius 2 is 0.929 bits per heavy atom. The number of rotatable bonds is 5. The third-order valence-electron chi connectivity index (χ3n) is 7.39. The molecule has 0 aliphatic carbocycles. The molecule has 10 heteroatoms. The molecular formula is C32H38Br3N3O4. The average molecular weight is 768 g/mol. The van der Waals surface area contributed by atoms with Gasteiger partial charge in [0.15, 0.2) is 0 Å². The first-order valence-electron chi connectivity index (χ1n) is 14.2. The van der Waals surface area contributed by atoms with Crippen LogP contribution in [0.4, 0.5) is 17.1 Å². The number of halogens is 3. The number of anilines is 3. The topological polar surface area (TPSA) is 54.5 Å². The van der Waals surface area contributed by atoms with Crippen molar-refractivity contribution in [1.82, 2.24) is 0 Å². The van der Waals surface area contributed by atoms with Crippen molar-refractivity contribution in [1.29, 1.82) is 0 Å². The van der Waals surface area contributed by atoms with E-state index in [1.807, 2.05) is 12.9 Å². The van der Waals surface area contributed by atoms with E-state index in [4.69, 9.17) is 19.0 Å². The summed E-state index contributed by atoms with van der Waals surface area (Å²) in [6, 6.07) is 21.8. The standard InChI is InChI=1S/C21H24Br2N2O2.C10H12BrNO.CH2O/c22-20-14-18(24-5-9-26-10-6-24)3-1-16(20)13-17-2-4-19(15-21(17)23)25-7-11-27-12-8-25;11-9-2-1-3-10(8-9)12-4-6-13-7-5-12;1-2/h1-4,14-15H,5-13H2;1-3,8H,4-7H2;1H2. The lowest BCUT2D eigenvalue weighted by Gasteiger charge is -2.29. The predicted molar refractivity (Wildman–Crippen MR) is 181 cm³/mol. The lowest BCUT2D eigenvalue weighted by Crippen LogP contribution is -2.36. The normalized spacial score (nSPS) is 17.1. The number of morpholine rings is 3. The van der Waals surface area contributed by atoms with Gasteiger partial charge in [0.2, 0.25) is 0 Å². The molecule has 0 N–H and O–H groups in total. The third-order valence-corrected chi connectivity index (χ3v) is 9.36. The van der Waals surface area contributed by atoms with Gasteiger partial charge in [0.25, 0.3) is 0 Å². The summed E-state index contributed by atoms with van der Waals surface area (Å²) in [7, 11) is 0. The van der Waals surface area contributed by atoms with E-state index in [-0.39, 0.29) is 0 Å². The zero-order chi connectivity index (χ0) is 29.7. The van der Waals surface area contributed by atoms with Gasteiger partial charge in [-0.2, -0.15) is 0 Å². The van der Waals surface area contributed by atoms with Crippen molar-refractivity contribution >= 4 is 71.6 Å². The summed E-state index contributed by atoms with van der Waals surface area (Å²) in [6.07, 6.45) is 0.897. The summed E-state index contributed by atoms with van der Waals surface area (Å²) in [5.41, 5.74) is 6.39. The van der Waals surface area contributed by atoms with Gasteiger partial charge in [-0.3, -0.25) is 0 Å². The van der Waals surface area contributed by atoms with Crippen molar-refractivity contribution in [3.8, 4) is 0 Å². The van der Waals surface area contributed by atoms with E-state index < -0.39 is 0 Å². The maximum absolute atomic E-state index is 8.00. The number of hydrogen-bond donors (Lipinski definition) is 0. The molecule has 3 aromatic rings. The summed E-state index contributed by atoms with van der Waals surface area (Å²) in [5, 5.41) is 0. The van der Waals surface area contributed by atoms with Gasteiger partial charge in [0.1, 0.15) is 6.79 Å². The van der Waals surface area contributed by atoms with Crippen LogP contribution in [0.15, 0.2) is 74.1 Å². The average Bonchev–Trinajstić information content (AvgIpc) is 3.05. The van der Waals surface area contributed by atoms with Crippen molar-refractivity contribution in [3.63, 3.8) is 0 Å². The highest BCUT2D eigenvalue weighted by molar-refractivity contribution is 9.11. The van der Waals surface area contributed by atoms with Crippen LogP contribution in [0.5, 0.6) is 0 Å². The van der Waals surface area contributed by atoms with E-state index >= 15 is 0 Å². The highest BCUT2D eigenvalue weighted by Crippen LogP contribution is 2.31. The van der Waals surface area contributed by atoms with Gasteiger partial charge in [-0.15, -0.1) is 0 Å². The third kappa shape index (κ3) is 9.53. The van der Waals surface area contributed by atoms with Crippen LogP contribution < -0.4 is 14.7 Å². The molecule has 0 bridgehead atoms. The van der Waals surface area contributed by atoms with E-state index in [0.717, 1.165) is 98.7 Å². The van der Waals surface area contributed by atoms with Gasteiger partial charge in [0.05, 0.1) is 39.6 Å². The number of benzene rings is 3. The fourth-order valence-electron chi connectivity index (χ4n) is 5.10. The smallest absolute Gasteiger partial charge is 0.106 e. The fraction of sp³-hybridized carbons (Fsp3) is 0.406. The van der Waals surface area contributed by atoms with Crippen LogP contribution in [0.1, 0.15) is 11.1 Å². The lowest BCUT2D eigenvalue weighted by molar-refractivity contribution is -0.0980. The molecule has 226 valence electrons. The molecule has 0 saturated carbocycles. The summed E-state index contributed by atoms with van der Waals surface area (Å²) in [4.78, 5) is 15.1. The van der Waals surface area contributed by atoms with Gasteiger partial charge in [-0.25, -0.2) is 0 Å². The summed E-state index contributed by atoms with van der Waals surface area (Å²) in [6.45, 7) is 12.7. The van der Waals surface area contributed by atoms with Crippen LogP contribution >= 0.6 is 47.8 Å². The van der Waals surface area contributed by atoms with Crippen LogP contribution in [0.2, 0.25) is 0 Å². The molecule has 3 aliphatic heterocycles. The largest absolute Gasteiger partial charge is 0.378 e. The Hall–Kier alpha value is -1.95. The first-order chi connectivity index (χ1) is 20.6. The molecule has 7 nitrogen and oxygen atoms in total. The van der Waals surface area contributed by atoms with E-state index in [0.29, 0.717) is 0 Å². The fourth-order valence-corrected chi connectivity index (χ4v) is 6.50. The lowest BCUT2D eigenvalue weighted by atomic mass is 10.0. The Kier molecular flexibility index (Phi) is 13.6. The quantitative estimate of drug-likeness (QED) is 0.291. The minimum absolute atomic E-state index is 0.807.